The summed E-state index contributed by atoms with van der Waals surface area (Å²) in [6.45, 7) is 4.17. The Hall–Kier alpha value is -4.62. The van der Waals surface area contributed by atoms with Crippen LogP contribution < -0.4 is 5.32 Å². The van der Waals surface area contributed by atoms with E-state index in [1.807, 2.05) is 104 Å². The lowest BCUT2D eigenvalue weighted by Crippen LogP contribution is -2.11. The molecule has 6 nitrogen and oxygen atoms in total. The van der Waals surface area contributed by atoms with Crippen molar-refractivity contribution in [3.8, 4) is 11.4 Å². The van der Waals surface area contributed by atoms with Crippen LogP contribution in [0.1, 0.15) is 41.3 Å². The summed E-state index contributed by atoms with van der Waals surface area (Å²) in [5, 5.41) is 25.4. The highest BCUT2D eigenvalue weighted by molar-refractivity contribution is 7.99. The molecule has 0 aliphatic rings. The number of hydrogen-bond donors (Lipinski definition) is 2. The molecule has 0 bridgehead atoms. The van der Waals surface area contributed by atoms with E-state index < -0.39 is 0 Å². The number of phenols is 1. The fourth-order valence-corrected chi connectivity index (χ4v) is 5.74. The molecule has 0 radical (unpaired) electrons. The van der Waals surface area contributed by atoms with E-state index in [0.29, 0.717) is 11.3 Å². The van der Waals surface area contributed by atoms with Gasteiger partial charge in [0.05, 0.1) is 0 Å². The summed E-state index contributed by atoms with van der Waals surface area (Å²) in [6.07, 6.45) is 2.91. The van der Waals surface area contributed by atoms with Crippen molar-refractivity contribution in [2.24, 2.45) is 0 Å². The van der Waals surface area contributed by atoms with Crippen molar-refractivity contribution < 1.29 is 9.90 Å². The van der Waals surface area contributed by atoms with Gasteiger partial charge in [0.1, 0.15) is 22.5 Å². The highest BCUT2D eigenvalue weighted by atomic mass is 32.2. The molecule has 204 valence electrons. The molecular weight excluding hydrogens is 528 g/mol. The average molecular weight is 559 g/mol. The molecule has 0 aliphatic heterocycles. The van der Waals surface area contributed by atoms with Gasteiger partial charge < -0.3 is 10.4 Å². The van der Waals surface area contributed by atoms with E-state index in [1.54, 1.807) is 11.8 Å². The van der Waals surface area contributed by atoms with E-state index in [1.165, 1.54) is 4.80 Å². The third kappa shape index (κ3) is 5.81. The number of fused-ring (bicyclic) bond motifs is 2. The molecule has 7 heteroatoms. The summed E-state index contributed by atoms with van der Waals surface area (Å²) in [4.78, 5) is 16.4. The van der Waals surface area contributed by atoms with Gasteiger partial charge in [0.2, 0.25) is 0 Å². The third-order valence-corrected chi connectivity index (χ3v) is 8.04. The molecule has 0 spiro atoms. The second-order valence-electron chi connectivity index (χ2n) is 10.2. The molecule has 0 atom stereocenters. The Morgan fingerprint density at radius 2 is 1.61 bits per heavy atom. The van der Waals surface area contributed by atoms with Crippen LogP contribution in [0.3, 0.4) is 0 Å². The number of hydrogen-bond acceptors (Lipinski definition) is 5. The summed E-state index contributed by atoms with van der Waals surface area (Å²) >= 11 is 1.61. The molecule has 0 aliphatic carbocycles. The molecule has 1 heterocycles. The van der Waals surface area contributed by atoms with E-state index in [4.69, 9.17) is 0 Å². The van der Waals surface area contributed by atoms with Crippen LogP contribution in [-0.2, 0) is 6.42 Å². The van der Waals surface area contributed by atoms with Gasteiger partial charge in [-0.15, -0.1) is 15.0 Å². The molecule has 41 heavy (non-hydrogen) atoms. The predicted molar refractivity (Wildman–Crippen MR) is 166 cm³/mol. The summed E-state index contributed by atoms with van der Waals surface area (Å²) in [5.41, 5.74) is 5.47. The minimum Gasteiger partial charge on any atom is -0.505 e. The monoisotopic (exact) mass is 558 g/mol. The van der Waals surface area contributed by atoms with Crippen LogP contribution in [0.2, 0.25) is 0 Å². The zero-order valence-corrected chi connectivity index (χ0v) is 23.8. The van der Waals surface area contributed by atoms with E-state index in [9.17, 15) is 9.90 Å². The Bertz CT molecular complexity index is 1880. The number of aromatic nitrogens is 3. The van der Waals surface area contributed by atoms with Crippen molar-refractivity contribution >= 4 is 45.2 Å². The number of nitrogens with one attached hydrogen (secondary N) is 1. The summed E-state index contributed by atoms with van der Waals surface area (Å²) in [7, 11) is 0. The van der Waals surface area contributed by atoms with Crippen molar-refractivity contribution in [1.29, 1.82) is 0 Å². The largest absolute Gasteiger partial charge is 0.505 e. The van der Waals surface area contributed by atoms with Crippen LogP contribution in [0, 0.1) is 6.92 Å². The minimum atomic E-state index is -0.137. The molecule has 6 aromatic rings. The molecule has 1 amide bonds. The van der Waals surface area contributed by atoms with E-state index in [-0.39, 0.29) is 11.7 Å². The van der Waals surface area contributed by atoms with Gasteiger partial charge in [-0.1, -0.05) is 61.5 Å². The second-order valence-corrected chi connectivity index (χ2v) is 11.3. The van der Waals surface area contributed by atoms with Crippen molar-refractivity contribution in [3.63, 3.8) is 0 Å². The van der Waals surface area contributed by atoms with Gasteiger partial charge in [-0.25, -0.2) is 0 Å². The first-order valence-corrected chi connectivity index (χ1v) is 14.6. The fraction of sp³-hybridized carbons (Fsp3) is 0.147. The number of unbranched alkanes of at least 4 members (excludes halogenated alkanes) is 1. The number of carbonyl (C=O) groups is 1. The highest BCUT2D eigenvalue weighted by Crippen LogP contribution is 2.32. The second kappa shape index (κ2) is 11.5. The Morgan fingerprint density at radius 3 is 2.41 bits per heavy atom. The number of aromatic hydroxyl groups is 1. The smallest absolute Gasteiger partial charge is 0.255 e. The molecule has 0 unspecified atom stereocenters. The van der Waals surface area contributed by atoms with Crippen molar-refractivity contribution in [2.45, 2.75) is 42.9 Å². The summed E-state index contributed by atoms with van der Waals surface area (Å²) < 4.78 is 0. The zero-order chi connectivity index (χ0) is 28.3. The van der Waals surface area contributed by atoms with Gasteiger partial charge in [0, 0.05) is 21.0 Å². The van der Waals surface area contributed by atoms with Crippen LogP contribution in [0.4, 0.5) is 5.69 Å². The minimum absolute atomic E-state index is 0.137. The molecule has 0 fully saturated rings. The summed E-state index contributed by atoms with van der Waals surface area (Å²) in [6, 6.07) is 31.4. The highest BCUT2D eigenvalue weighted by Gasteiger charge is 2.14. The number of carbonyl (C=O) groups excluding carboxylic acids is 1. The number of phenolic OH excluding ortho intramolecular Hbond substituents is 1. The summed E-state index contributed by atoms with van der Waals surface area (Å²) in [5.74, 6) is 0.105. The van der Waals surface area contributed by atoms with Gasteiger partial charge in [-0.05, 0) is 102 Å². The van der Waals surface area contributed by atoms with Gasteiger partial charge >= 0.3 is 0 Å². The quantitative estimate of drug-likeness (QED) is 0.196. The van der Waals surface area contributed by atoms with Crippen molar-refractivity contribution in [3.05, 3.63) is 114 Å². The lowest BCUT2D eigenvalue weighted by atomic mass is 10.0. The van der Waals surface area contributed by atoms with Gasteiger partial charge in [-0.3, -0.25) is 4.79 Å². The first-order valence-electron chi connectivity index (χ1n) is 13.7. The fourth-order valence-electron chi connectivity index (χ4n) is 4.89. The Morgan fingerprint density at radius 1 is 0.854 bits per heavy atom. The average Bonchev–Trinajstić information content (AvgIpc) is 3.41. The first-order chi connectivity index (χ1) is 20.0. The maximum Gasteiger partial charge on any atom is 0.255 e. The van der Waals surface area contributed by atoms with Gasteiger partial charge in [0.25, 0.3) is 5.91 Å². The number of rotatable bonds is 8. The van der Waals surface area contributed by atoms with Crippen molar-refractivity contribution in [1.82, 2.24) is 15.0 Å². The van der Waals surface area contributed by atoms with Gasteiger partial charge in [-0.2, -0.15) is 0 Å². The van der Waals surface area contributed by atoms with Crippen LogP contribution in [0.5, 0.6) is 5.75 Å². The Balaban J connectivity index is 1.16. The van der Waals surface area contributed by atoms with E-state index >= 15 is 0 Å². The lowest BCUT2D eigenvalue weighted by Gasteiger charge is -2.10. The number of amides is 1. The molecule has 2 N–H and O–H groups in total. The number of nitrogens with zero attached hydrogens (tertiary/aromatic N) is 3. The predicted octanol–water partition coefficient (Wildman–Crippen LogP) is 8.33. The molecule has 0 saturated carbocycles. The lowest BCUT2D eigenvalue weighted by molar-refractivity contribution is 0.102. The Kier molecular flexibility index (Phi) is 7.44. The molecule has 5 aromatic carbocycles. The normalized spacial score (nSPS) is 11.3. The zero-order valence-electron chi connectivity index (χ0n) is 23.0. The first kappa shape index (κ1) is 26.6. The van der Waals surface area contributed by atoms with Crippen LogP contribution in [-0.4, -0.2) is 26.0 Å². The van der Waals surface area contributed by atoms with Crippen LogP contribution in [0.15, 0.2) is 107 Å². The Labute approximate surface area is 243 Å². The SMILES string of the molecule is CCCCc1cc(C)cc(-n2nc3ccc(Sc4ccc(NC(=O)c5ccc6ccccc6c5)cc4)cc3n2)c1O. The topological polar surface area (TPSA) is 80.0 Å². The molecule has 1 aromatic heterocycles. The van der Waals surface area contributed by atoms with E-state index in [0.717, 1.165) is 67.7 Å². The van der Waals surface area contributed by atoms with Crippen LogP contribution >= 0.6 is 11.8 Å². The number of aryl methyl sites for hydroxylation is 2. The molecule has 6 rings (SSSR count). The van der Waals surface area contributed by atoms with Crippen molar-refractivity contribution in [2.75, 3.05) is 5.32 Å². The number of benzene rings is 5. The molecule has 0 saturated heterocycles. The van der Waals surface area contributed by atoms with Gasteiger partial charge in [0.15, 0.2) is 0 Å². The van der Waals surface area contributed by atoms with E-state index in [2.05, 4.69) is 22.4 Å². The molecular formula is C34H30N4O2S. The standard InChI is InChI=1S/C34H30N4O2S/c1-3-4-7-25-18-22(2)19-32(33(25)39)38-36-30-17-16-29(21-31(30)37-38)41-28-14-12-27(13-15-28)35-34(40)26-11-10-23-8-5-6-9-24(23)20-26/h5-6,8-21,39H,3-4,7H2,1-2H3,(H,35,40). The third-order valence-electron chi connectivity index (χ3n) is 7.04. The maximum atomic E-state index is 12.8. The van der Waals surface area contributed by atoms with Crippen LogP contribution in [0.25, 0.3) is 27.5 Å². The number of anilines is 1. The maximum absolute atomic E-state index is 12.8.